The SMILES string of the molecule is O=C(NNC(=O)C1CC(c2ccc(Cl)s2)=NO1)c1ccc(F)cc1Br. The molecule has 10 heteroatoms. The average Bonchev–Trinajstić information content (AvgIpc) is 3.21. The summed E-state index contributed by atoms with van der Waals surface area (Å²) in [5.74, 6) is -1.62. The third-order valence-electron chi connectivity index (χ3n) is 3.29. The van der Waals surface area contributed by atoms with Gasteiger partial charge in [0.25, 0.3) is 11.8 Å². The van der Waals surface area contributed by atoms with E-state index in [1.165, 1.54) is 17.4 Å². The van der Waals surface area contributed by atoms with Crippen molar-refractivity contribution in [3.8, 4) is 0 Å². The number of carbonyl (C=O) groups excluding carboxylic acids is 2. The predicted octanol–water partition coefficient (Wildman–Crippen LogP) is 3.26. The molecule has 0 bridgehead atoms. The fourth-order valence-electron chi connectivity index (χ4n) is 2.07. The summed E-state index contributed by atoms with van der Waals surface area (Å²) in [5, 5.41) is 3.88. The lowest BCUT2D eigenvalue weighted by Crippen LogP contribution is -2.46. The van der Waals surface area contributed by atoms with E-state index in [1.54, 1.807) is 12.1 Å². The van der Waals surface area contributed by atoms with Crippen LogP contribution in [0.25, 0.3) is 0 Å². The Hall–Kier alpha value is -1.97. The van der Waals surface area contributed by atoms with Gasteiger partial charge >= 0.3 is 0 Å². The van der Waals surface area contributed by atoms with E-state index in [0.29, 0.717) is 10.0 Å². The zero-order chi connectivity index (χ0) is 18.0. The lowest BCUT2D eigenvalue weighted by Gasteiger charge is -2.11. The fourth-order valence-corrected chi connectivity index (χ4v) is 3.64. The summed E-state index contributed by atoms with van der Waals surface area (Å²) in [7, 11) is 0. The Labute approximate surface area is 159 Å². The lowest BCUT2D eigenvalue weighted by molar-refractivity contribution is -0.131. The predicted molar refractivity (Wildman–Crippen MR) is 95.1 cm³/mol. The highest BCUT2D eigenvalue weighted by molar-refractivity contribution is 9.10. The molecular formula is C15H10BrClFN3O3S. The average molecular weight is 447 g/mol. The van der Waals surface area contributed by atoms with Crippen LogP contribution in [-0.2, 0) is 9.63 Å². The molecule has 130 valence electrons. The zero-order valence-corrected chi connectivity index (χ0v) is 15.5. The number of nitrogens with one attached hydrogen (secondary N) is 2. The Kier molecular flexibility index (Phi) is 5.36. The molecular weight excluding hydrogens is 437 g/mol. The molecule has 2 N–H and O–H groups in total. The lowest BCUT2D eigenvalue weighted by atomic mass is 10.1. The van der Waals surface area contributed by atoms with Crippen LogP contribution >= 0.6 is 38.9 Å². The largest absolute Gasteiger partial charge is 0.382 e. The van der Waals surface area contributed by atoms with Crippen LogP contribution in [0.2, 0.25) is 4.34 Å². The van der Waals surface area contributed by atoms with Crippen LogP contribution in [0.5, 0.6) is 0 Å². The number of oxime groups is 1. The maximum absolute atomic E-state index is 13.0. The first-order valence-electron chi connectivity index (χ1n) is 6.97. The fraction of sp³-hybridized carbons (Fsp3) is 0.133. The molecule has 0 saturated heterocycles. The van der Waals surface area contributed by atoms with Crippen molar-refractivity contribution in [1.82, 2.24) is 10.9 Å². The molecule has 1 aliphatic rings. The van der Waals surface area contributed by atoms with Crippen LogP contribution in [0.1, 0.15) is 21.7 Å². The molecule has 2 amide bonds. The second-order valence-corrected chi connectivity index (χ2v) is 7.58. The first kappa shape index (κ1) is 17.8. The Morgan fingerprint density at radius 2 is 2.12 bits per heavy atom. The Morgan fingerprint density at radius 1 is 1.32 bits per heavy atom. The van der Waals surface area contributed by atoms with Gasteiger partial charge in [-0.2, -0.15) is 0 Å². The molecule has 2 aromatic rings. The van der Waals surface area contributed by atoms with Crippen LogP contribution in [0, 0.1) is 5.82 Å². The molecule has 1 aromatic heterocycles. The summed E-state index contributed by atoms with van der Waals surface area (Å²) in [4.78, 5) is 30.0. The van der Waals surface area contributed by atoms with Crippen LogP contribution < -0.4 is 10.9 Å². The minimum absolute atomic E-state index is 0.180. The second kappa shape index (κ2) is 7.51. The van der Waals surface area contributed by atoms with E-state index >= 15 is 0 Å². The highest BCUT2D eigenvalue weighted by Crippen LogP contribution is 2.26. The Morgan fingerprint density at radius 3 is 2.80 bits per heavy atom. The first-order chi connectivity index (χ1) is 11.9. The number of rotatable bonds is 3. The minimum atomic E-state index is -0.854. The van der Waals surface area contributed by atoms with E-state index in [2.05, 4.69) is 31.9 Å². The third-order valence-corrected chi connectivity index (χ3v) is 5.23. The van der Waals surface area contributed by atoms with Crippen molar-refractivity contribution in [1.29, 1.82) is 0 Å². The number of carbonyl (C=O) groups is 2. The van der Waals surface area contributed by atoms with Crippen molar-refractivity contribution in [3.05, 3.63) is 55.4 Å². The number of nitrogens with zero attached hydrogens (tertiary/aromatic N) is 1. The van der Waals surface area contributed by atoms with Crippen molar-refractivity contribution in [3.63, 3.8) is 0 Å². The van der Waals surface area contributed by atoms with Crippen molar-refractivity contribution < 1.29 is 18.8 Å². The van der Waals surface area contributed by atoms with Gasteiger partial charge in [0, 0.05) is 10.9 Å². The van der Waals surface area contributed by atoms with Gasteiger partial charge < -0.3 is 4.84 Å². The van der Waals surface area contributed by atoms with Gasteiger partial charge in [0.2, 0.25) is 6.10 Å². The molecule has 25 heavy (non-hydrogen) atoms. The number of thiophene rings is 1. The summed E-state index contributed by atoms with van der Waals surface area (Å²) < 4.78 is 13.9. The molecule has 0 aliphatic carbocycles. The zero-order valence-electron chi connectivity index (χ0n) is 12.4. The van der Waals surface area contributed by atoms with E-state index in [9.17, 15) is 14.0 Å². The molecule has 2 heterocycles. The van der Waals surface area contributed by atoms with Gasteiger partial charge in [-0.3, -0.25) is 20.4 Å². The molecule has 0 radical (unpaired) electrons. The summed E-state index contributed by atoms with van der Waals surface area (Å²) in [6.45, 7) is 0. The minimum Gasteiger partial charge on any atom is -0.382 e. The third kappa shape index (κ3) is 4.17. The molecule has 0 spiro atoms. The van der Waals surface area contributed by atoms with Gasteiger partial charge in [0.1, 0.15) is 11.5 Å². The maximum atomic E-state index is 13.0. The summed E-state index contributed by atoms with van der Waals surface area (Å²) >= 11 is 10.3. The van der Waals surface area contributed by atoms with E-state index in [0.717, 1.165) is 17.0 Å². The van der Waals surface area contributed by atoms with Crippen LogP contribution in [0.4, 0.5) is 4.39 Å². The van der Waals surface area contributed by atoms with Crippen LogP contribution in [0.3, 0.4) is 0 Å². The van der Waals surface area contributed by atoms with Crippen LogP contribution in [0.15, 0.2) is 40.0 Å². The van der Waals surface area contributed by atoms with E-state index < -0.39 is 23.7 Å². The highest BCUT2D eigenvalue weighted by Gasteiger charge is 2.30. The second-order valence-electron chi connectivity index (χ2n) is 5.01. The quantitative estimate of drug-likeness (QED) is 0.710. The number of amides is 2. The summed E-state index contributed by atoms with van der Waals surface area (Å²) in [6, 6.07) is 7.13. The van der Waals surface area contributed by atoms with Crippen molar-refractivity contribution >= 4 is 56.4 Å². The normalized spacial score (nSPS) is 16.1. The molecule has 1 unspecified atom stereocenters. The Bertz CT molecular complexity index is 873. The number of hydrogen-bond acceptors (Lipinski definition) is 5. The highest BCUT2D eigenvalue weighted by atomic mass is 79.9. The van der Waals surface area contributed by atoms with Gasteiger partial charge in [-0.1, -0.05) is 16.8 Å². The van der Waals surface area contributed by atoms with Crippen LogP contribution in [-0.4, -0.2) is 23.6 Å². The molecule has 1 aromatic carbocycles. The molecule has 0 saturated carbocycles. The summed E-state index contributed by atoms with van der Waals surface area (Å²) in [5.41, 5.74) is 5.32. The number of hydrazine groups is 1. The molecule has 6 nitrogen and oxygen atoms in total. The first-order valence-corrected chi connectivity index (χ1v) is 8.96. The molecule has 3 rings (SSSR count). The number of benzene rings is 1. The van der Waals surface area contributed by atoms with E-state index in [1.807, 2.05) is 0 Å². The van der Waals surface area contributed by atoms with Crippen molar-refractivity contribution in [2.75, 3.05) is 0 Å². The van der Waals surface area contributed by atoms with Gasteiger partial charge in [0.05, 0.1) is 14.8 Å². The standard InChI is InChI=1S/C15H10BrClFN3O3S/c16-9-5-7(18)1-2-8(9)14(22)19-20-15(23)11-6-10(21-24-11)12-3-4-13(17)25-12/h1-5,11H,6H2,(H,19,22)(H,20,23). The topological polar surface area (TPSA) is 79.8 Å². The number of halogens is 3. The van der Waals surface area contributed by atoms with Gasteiger partial charge in [-0.05, 0) is 46.3 Å². The van der Waals surface area contributed by atoms with E-state index in [-0.39, 0.29) is 16.5 Å². The molecule has 1 aliphatic heterocycles. The molecule has 1 atom stereocenters. The van der Waals surface area contributed by atoms with Crippen molar-refractivity contribution in [2.24, 2.45) is 5.16 Å². The molecule has 0 fully saturated rings. The van der Waals surface area contributed by atoms with Crippen molar-refractivity contribution in [2.45, 2.75) is 12.5 Å². The van der Waals surface area contributed by atoms with Gasteiger partial charge in [-0.25, -0.2) is 4.39 Å². The maximum Gasteiger partial charge on any atom is 0.282 e. The Balaban J connectivity index is 1.54. The van der Waals surface area contributed by atoms with Gasteiger partial charge in [0.15, 0.2) is 0 Å². The van der Waals surface area contributed by atoms with E-state index in [4.69, 9.17) is 16.4 Å². The van der Waals surface area contributed by atoms with Gasteiger partial charge in [-0.15, -0.1) is 11.3 Å². The number of hydrogen-bond donors (Lipinski definition) is 2. The smallest absolute Gasteiger partial charge is 0.282 e. The summed E-state index contributed by atoms with van der Waals surface area (Å²) in [6.07, 6.45) is -0.591. The monoisotopic (exact) mass is 445 g/mol.